The highest BCUT2D eigenvalue weighted by Gasteiger charge is 2.39. The summed E-state index contributed by atoms with van der Waals surface area (Å²) in [6, 6.07) is 23.4. The van der Waals surface area contributed by atoms with E-state index in [-0.39, 0.29) is 44.2 Å². The van der Waals surface area contributed by atoms with E-state index in [9.17, 15) is 24.0 Å². The molecule has 2 heterocycles. The lowest BCUT2D eigenvalue weighted by atomic mass is 9.87. The molecule has 7 heteroatoms. The average molecular weight is 585 g/mol. The van der Waals surface area contributed by atoms with Gasteiger partial charge in [0, 0.05) is 11.1 Å². The van der Waals surface area contributed by atoms with Crippen LogP contribution in [0.15, 0.2) is 84.9 Å². The number of hydrogen-bond acceptors (Lipinski definition) is 5. The van der Waals surface area contributed by atoms with E-state index in [1.165, 1.54) is 36.4 Å². The van der Waals surface area contributed by atoms with Gasteiger partial charge in [0.2, 0.25) is 0 Å². The molecule has 4 aromatic rings. The summed E-state index contributed by atoms with van der Waals surface area (Å²) in [5.74, 6) is -2.36. The van der Waals surface area contributed by atoms with Crippen molar-refractivity contribution in [1.29, 1.82) is 0 Å². The minimum Gasteiger partial charge on any atom is -0.289 e. The van der Waals surface area contributed by atoms with Gasteiger partial charge in [-0.1, -0.05) is 77.9 Å². The van der Waals surface area contributed by atoms with Crippen LogP contribution in [0, 0.1) is 0 Å². The van der Waals surface area contributed by atoms with E-state index in [2.05, 4.69) is 41.5 Å². The molecule has 0 bridgehead atoms. The number of nitrogens with zero attached hydrogens (tertiary/aromatic N) is 2. The maximum absolute atomic E-state index is 13.6. The van der Waals surface area contributed by atoms with Crippen LogP contribution in [0.25, 0.3) is 0 Å². The predicted molar refractivity (Wildman–Crippen MR) is 169 cm³/mol. The van der Waals surface area contributed by atoms with Gasteiger partial charge < -0.3 is 0 Å². The number of benzene rings is 4. The largest absolute Gasteiger partial charge is 0.289 e. The van der Waals surface area contributed by atoms with E-state index in [1.807, 2.05) is 24.3 Å². The Bertz CT molecular complexity index is 1770. The molecule has 0 N–H and O–H groups in total. The summed E-state index contributed by atoms with van der Waals surface area (Å²) in [5.41, 5.74) is 3.99. The monoisotopic (exact) mass is 584 g/mol. The lowest BCUT2D eigenvalue weighted by molar-refractivity contribution is 0.0910. The predicted octanol–water partition coefficient (Wildman–Crippen LogP) is 7.11. The summed E-state index contributed by atoms with van der Waals surface area (Å²) in [4.78, 5) is 69.0. The third-order valence-corrected chi connectivity index (χ3v) is 8.28. The molecule has 0 saturated carbocycles. The minimum absolute atomic E-state index is 0.0821. The highest BCUT2D eigenvalue weighted by molar-refractivity contribution is 6.36. The van der Waals surface area contributed by atoms with Crippen LogP contribution in [0.2, 0.25) is 0 Å². The molecule has 0 saturated heterocycles. The third kappa shape index (κ3) is 4.65. The fourth-order valence-electron chi connectivity index (χ4n) is 5.62. The standard InChI is InChI=1S/C37H32N2O5/c1-36(2,3)23-9-13-25(14-10-23)38-32(41)27-17-7-21(19-29(27)34(38)43)31(40)22-8-18-28-30(20-22)35(44)39(33(28)42)26-15-11-24(12-16-26)37(4,5)6/h7-20H,1-6H3. The van der Waals surface area contributed by atoms with Crippen molar-refractivity contribution in [2.45, 2.75) is 52.4 Å². The molecule has 2 aliphatic heterocycles. The molecule has 44 heavy (non-hydrogen) atoms. The Morgan fingerprint density at radius 1 is 0.455 bits per heavy atom. The van der Waals surface area contributed by atoms with Crippen molar-refractivity contribution in [2.24, 2.45) is 0 Å². The molecule has 0 aliphatic carbocycles. The van der Waals surface area contributed by atoms with Crippen molar-refractivity contribution in [2.75, 3.05) is 9.80 Å². The van der Waals surface area contributed by atoms with Crippen LogP contribution in [0.1, 0.15) is 110 Å². The quantitative estimate of drug-likeness (QED) is 0.188. The second-order valence-electron chi connectivity index (χ2n) is 13.3. The summed E-state index contributed by atoms with van der Waals surface area (Å²) in [7, 11) is 0. The lowest BCUT2D eigenvalue weighted by Gasteiger charge is -2.20. The van der Waals surface area contributed by atoms with Gasteiger partial charge in [0.15, 0.2) is 5.78 Å². The molecular formula is C37H32N2O5. The normalized spacial score (nSPS) is 14.8. The van der Waals surface area contributed by atoms with Crippen molar-refractivity contribution in [1.82, 2.24) is 0 Å². The Morgan fingerprint density at radius 3 is 1.09 bits per heavy atom. The number of amides is 4. The van der Waals surface area contributed by atoms with E-state index in [1.54, 1.807) is 24.3 Å². The number of carbonyl (C=O) groups is 5. The SMILES string of the molecule is CC(C)(C)c1ccc(N2C(=O)c3ccc(C(=O)c4ccc5c(c4)C(=O)N(c4ccc(C(C)(C)C)cc4)C5=O)cc3C2=O)cc1. The first-order valence-electron chi connectivity index (χ1n) is 14.5. The molecule has 0 spiro atoms. The molecule has 0 unspecified atom stereocenters. The average Bonchev–Trinajstić information content (AvgIpc) is 3.39. The van der Waals surface area contributed by atoms with Gasteiger partial charge in [0.25, 0.3) is 23.6 Å². The van der Waals surface area contributed by atoms with Crippen molar-refractivity contribution < 1.29 is 24.0 Å². The number of anilines is 2. The van der Waals surface area contributed by atoms with E-state index >= 15 is 0 Å². The molecule has 6 rings (SSSR count). The number of rotatable bonds is 4. The van der Waals surface area contributed by atoms with Crippen LogP contribution in [-0.2, 0) is 10.8 Å². The van der Waals surface area contributed by atoms with Crippen molar-refractivity contribution >= 4 is 40.8 Å². The highest BCUT2D eigenvalue weighted by atomic mass is 16.2. The van der Waals surface area contributed by atoms with E-state index in [0.29, 0.717) is 11.4 Å². The molecule has 0 atom stereocenters. The van der Waals surface area contributed by atoms with Gasteiger partial charge in [0.05, 0.1) is 33.6 Å². The van der Waals surface area contributed by atoms with Gasteiger partial charge in [-0.25, -0.2) is 9.80 Å². The fraction of sp³-hybridized carbons (Fsp3) is 0.216. The van der Waals surface area contributed by atoms with E-state index in [0.717, 1.165) is 20.9 Å². The molecule has 4 amide bonds. The molecule has 220 valence electrons. The molecule has 0 radical (unpaired) electrons. The Morgan fingerprint density at radius 2 is 0.773 bits per heavy atom. The Labute approximate surface area is 256 Å². The highest BCUT2D eigenvalue weighted by Crippen LogP contribution is 2.34. The molecule has 0 fully saturated rings. The zero-order valence-corrected chi connectivity index (χ0v) is 25.5. The van der Waals surface area contributed by atoms with Gasteiger partial charge in [-0.05, 0) is 70.5 Å². The second kappa shape index (κ2) is 9.95. The lowest BCUT2D eigenvalue weighted by Crippen LogP contribution is -2.29. The molecule has 2 aliphatic rings. The fourth-order valence-corrected chi connectivity index (χ4v) is 5.62. The first kappa shape index (κ1) is 28.9. The van der Waals surface area contributed by atoms with Gasteiger partial charge in [-0.15, -0.1) is 0 Å². The summed E-state index contributed by atoms with van der Waals surface area (Å²) in [5, 5.41) is 0. The Balaban J connectivity index is 1.26. The second-order valence-corrected chi connectivity index (χ2v) is 13.3. The smallest absolute Gasteiger partial charge is 0.266 e. The molecule has 4 aromatic carbocycles. The van der Waals surface area contributed by atoms with Gasteiger partial charge >= 0.3 is 0 Å². The van der Waals surface area contributed by atoms with Crippen molar-refractivity contribution in [3.8, 4) is 0 Å². The first-order valence-corrected chi connectivity index (χ1v) is 14.5. The molecular weight excluding hydrogens is 552 g/mol. The number of fused-ring (bicyclic) bond motifs is 2. The summed E-state index contributed by atoms with van der Waals surface area (Å²) in [6.07, 6.45) is 0. The summed E-state index contributed by atoms with van der Waals surface area (Å²) < 4.78 is 0. The van der Waals surface area contributed by atoms with Crippen LogP contribution >= 0.6 is 0 Å². The van der Waals surface area contributed by atoms with Gasteiger partial charge in [0.1, 0.15) is 0 Å². The van der Waals surface area contributed by atoms with Gasteiger partial charge in [-0.2, -0.15) is 0 Å². The minimum atomic E-state index is -0.508. The first-order chi connectivity index (χ1) is 20.7. The zero-order valence-electron chi connectivity index (χ0n) is 25.5. The Hall–Kier alpha value is -5.17. The topological polar surface area (TPSA) is 91.8 Å². The van der Waals surface area contributed by atoms with E-state index < -0.39 is 29.4 Å². The number of carbonyl (C=O) groups excluding carboxylic acids is 5. The van der Waals surface area contributed by atoms with Crippen molar-refractivity contribution in [3.63, 3.8) is 0 Å². The maximum Gasteiger partial charge on any atom is 0.266 e. The Kier molecular flexibility index (Phi) is 6.54. The molecule has 0 aromatic heterocycles. The maximum atomic E-state index is 13.6. The number of imide groups is 2. The van der Waals surface area contributed by atoms with Crippen molar-refractivity contribution in [3.05, 3.63) is 129 Å². The van der Waals surface area contributed by atoms with Crippen LogP contribution in [0.3, 0.4) is 0 Å². The third-order valence-electron chi connectivity index (χ3n) is 8.28. The van der Waals surface area contributed by atoms with Crippen LogP contribution < -0.4 is 9.80 Å². The van der Waals surface area contributed by atoms with Gasteiger partial charge in [-0.3, -0.25) is 24.0 Å². The summed E-state index contributed by atoms with van der Waals surface area (Å²) >= 11 is 0. The molecule has 7 nitrogen and oxygen atoms in total. The van der Waals surface area contributed by atoms with Crippen LogP contribution in [-0.4, -0.2) is 29.4 Å². The summed E-state index contributed by atoms with van der Waals surface area (Å²) in [6.45, 7) is 12.5. The van der Waals surface area contributed by atoms with Crippen LogP contribution in [0.4, 0.5) is 11.4 Å². The number of ketones is 1. The zero-order chi connectivity index (χ0) is 31.7. The van der Waals surface area contributed by atoms with E-state index in [4.69, 9.17) is 0 Å². The van der Waals surface area contributed by atoms with Crippen LogP contribution in [0.5, 0.6) is 0 Å². The number of hydrogen-bond donors (Lipinski definition) is 0.